The fraction of sp³-hybridized carbons (Fsp3) is 0.250. The lowest BCUT2D eigenvalue weighted by Gasteiger charge is -2.10. The summed E-state index contributed by atoms with van der Waals surface area (Å²) in [6, 6.07) is 7.60. The number of nitrogen functional groups attached to an aromatic ring is 1. The van der Waals surface area contributed by atoms with E-state index < -0.39 is 0 Å². The van der Waals surface area contributed by atoms with Gasteiger partial charge in [-0.3, -0.25) is 0 Å². The van der Waals surface area contributed by atoms with Crippen LogP contribution in [0.4, 0.5) is 5.82 Å². The van der Waals surface area contributed by atoms with E-state index >= 15 is 0 Å². The van der Waals surface area contributed by atoms with Gasteiger partial charge in [0.1, 0.15) is 5.82 Å². The Morgan fingerprint density at radius 1 is 1.09 bits per heavy atom. The first-order valence-corrected chi connectivity index (χ1v) is 7.15. The molecule has 0 radical (unpaired) electrons. The average molecular weight is 313 g/mol. The van der Waals surface area contributed by atoms with Crippen LogP contribution in [0, 0.1) is 13.8 Å². The Balaban J connectivity index is 2.28. The maximum Gasteiger partial charge on any atom is 0.165 e. The van der Waals surface area contributed by atoms with Crippen molar-refractivity contribution in [2.24, 2.45) is 5.84 Å². The van der Waals surface area contributed by atoms with E-state index in [1.165, 1.54) is 0 Å². The van der Waals surface area contributed by atoms with Crippen LogP contribution >= 0.6 is 0 Å². The molecule has 0 amide bonds. The zero-order chi connectivity index (χ0) is 16.6. The molecular weight excluding hydrogens is 294 g/mol. The number of hydrogen-bond acceptors (Lipinski definition) is 6. The molecule has 3 rings (SSSR count). The quantitative estimate of drug-likeness (QED) is 0.568. The van der Waals surface area contributed by atoms with Gasteiger partial charge < -0.3 is 14.9 Å². The Bertz CT molecular complexity index is 873. The van der Waals surface area contributed by atoms with E-state index in [4.69, 9.17) is 15.3 Å². The first-order chi connectivity index (χ1) is 11.1. The van der Waals surface area contributed by atoms with Crippen molar-refractivity contribution in [2.45, 2.75) is 13.8 Å². The number of nitrogens with one attached hydrogen (secondary N) is 1. The van der Waals surface area contributed by atoms with E-state index in [0.29, 0.717) is 17.3 Å². The van der Waals surface area contributed by atoms with Crippen LogP contribution in [0.15, 0.2) is 24.3 Å². The molecule has 0 aliphatic heterocycles. The Morgan fingerprint density at radius 3 is 2.48 bits per heavy atom. The normalized spacial score (nSPS) is 10.8. The predicted octanol–water partition coefficient (Wildman–Crippen LogP) is 2.32. The molecule has 7 heteroatoms. The number of anilines is 1. The van der Waals surface area contributed by atoms with Crippen LogP contribution in [-0.2, 0) is 0 Å². The van der Waals surface area contributed by atoms with Crippen molar-refractivity contribution in [1.82, 2.24) is 14.6 Å². The van der Waals surface area contributed by atoms with Crippen LogP contribution < -0.4 is 20.7 Å². The monoisotopic (exact) mass is 313 g/mol. The van der Waals surface area contributed by atoms with Crippen molar-refractivity contribution >= 4 is 11.5 Å². The third kappa shape index (κ3) is 2.44. The van der Waals surface area contributed by atoms with Crippen LogP contribution in [0.5, 0.6) is 11.5 Å². The lowest BCUT2D eigenvalue weighted by molar-refractivity contribution is 0.355. The highest BCUT2D eigenvalue weighted by atomic mass is 16.5. The minimum Gasteiger partial charge on any atom is -0.493 e. The Kier molecular flexibility index (Phi) is 3.79. The van der Waals surface area contributed by atoms with E-state index in [1.54, 1.807) is 18.7 Å². The molecule has 0 aliphatic rings. The molecule has 0 saturated heterocycles. The number of ether oxygens (including phenoxy) is 2. The number of benzene rings is 1. The smallest absolute Gasteiger partial charge is 0.165 e. The SMILES string of the molecule is COc1ccc(-c2c(C)nn3c(NN)cc(C)nc23)cc1OC. The van der Waals surface area contributed by atoms with Crippen molar-refractivity contribution in [2.75, 3.05) is 19.6 Å². The number of fused-ring (bicyclic) bond motifs is 1. The second-order valence-corrected chi connectivity index (χ2v) is 5.19. The number of hydrogen-bond donors (Lipinski definition) is 2. The molecule has 2 heterocycles. The third-order valence-corrected chi connectivity index (χ3v) is 3.71. The molecule has 2 aromatic heterocycles. The van der Waals surface area contributed by atoms with Gasteiger partial charge in [0.2, 0.25) is 0 Å². The summed E-state index contributed by atoms with van der Waals surface area (Å²) >= 11 is 0. The number of rotatable bonds is 4. The highest BCUT2D eigenvalue weighted by Gasteiger charge is 2.17. The highest BCUT2D eigenvalue weighted by Crippen LogP contribution is 2.35. The van der Waals surface area contributed by atoms with Crippen molar-refractivity contribution in [3.05, 3.63) is 35.7 Å². The minimum absolute atomic E-state index is 0.661. The van der Waals surface area contributed by atoms with Crippen LogP contribution in [0.1, 0.15) is 11.4 Å². The molecule has 0 aliphatic carbocycles. The molecule has 0 atom stereocenters. The standard InChI is InChI=1S/C16H19N5O2/c1-9-7-14(19-17)21-16(18-9)15(10(2)20-21)11-5-6-12(22-3)13(8-11)23-4/h5-8,19H,17H2,1-4H3. The number of aryl methyl sites for hydroxylation is 2. The molecule has 0 bridgehead atoms. The van der Waals surface area contributed by atoms with Gasteiger partial charge in [0.15, 0.2) is 17.1 Å². The van der Waals surface area contributed by atoms with Crippen LogP contribution in [0.25, 0.3) is 16.8 Å². The molecule has 0 spiro atoms. The van der Waals surface area contributed by atoms with Gasteiger partial charge in [-0.25, -0.2) is 10.8 Å². The Morgan fingerprint density at radius 2 is 1.83 bits per heavy atom. The Labute approximate surface area is 134 Å². The van der Waals surface area contributed by atoms with Gasteiger partial charge in [-0.15, -0.1) is 0 Å². The maximum atomic E-state index is 5.59. The summed E-state index contributed by atoms with van der Waals surface area (Å²) in [5.41, 5.74) is 7.00. The van der Waals surface area contributed by atoms with E-state index in [2.05, 4.69) is 15.5 Å². The summed E-state index contributed by atoms with van der Waals surface area (Å²) in [5, 5.41) is 4.54. The first kappa shape index (κ1) is 15.1. The average Bonchev–Trinajstić information content (AvgIpc) is 2.89. The van der Waals surface area contributed by atoms with Crippen molar-refractivity contribution in [1.29, 1.82) is 0 Å². The van der Waals surface area contributed by atoms with E-state index in [1.807, 2.05) is 38.1 Å². The molecule has 3 aromatic rings. The summed E-state index contributed by atoms with van der Waals surface area (Å²) in [7, 11) is 3.23. The molecule has 0 saturated carbocycles. The van der Waals surface area contributed by atoms with Crippen LogP contribution in [-0.4, -0.2) is 28.8 Å². The van der Waals surface area contributed by atoms with Gasteiger partial charge in [-0.2, -0.15) is 9.61 Å². The van der Waals surface area contributed by atoms with Crippen LogP contribution in [0.3, 0.4) is 0 Å². The summed E-state index contributed by atoms with van der Waals surface area (Å²) in [6.45, 7) is 3.86. The van der Waals surface area contributed by atoms with E-state index in [0.717, 1.165) is 28.2 Å². The number of methoxy groups -OCH3 is 2. The number of nitrogens with zero attached hydrogens (tertiary/aromatic N) is 3. The summed E-state index contributed by atoms with van der Waals surface area (Å²) in [5.74, 6) is 7.61. The minimum atomic E-state index is 0.661. The van der Waals surface area contributed by atoms with Gasteiger partial charge >= 0.3 is 0 Å². The van der Waals surface area contributed by atoms with Gasteiger partial charge in [0, 0.05) is 17.3 Å². The van der Waals surface area contributed by atoms with Gasteiger partial charge in [0.25, 0.3) is 0 Å². The summed E-state index contributed by atoms with van der Waals surface area (Å²) < 4.78 is 12.4. The number of aromatic nitrogens is 3. The third-order valence-electron chi connectivity index (χ3n) is 3.71. The molecule has 23 heavy (non-hydrogen) atoms. The number of hydrazine groups is 1. The number of nitrogens with two attached hydrogens (primary N) is 1. The van der Waals surface area contributed by atoms with Gasteiger partial charge in [0.05, 0.1) is 19.9 Å². The zero-order valence-electron chi connectivity index (χ0n) is 13.5. The van der Waals surface area contributed by atoms with Crippen LogP contribution in [0.2, 0.25) is 0 Å². The van der Waals surface area contributed by atoms with Gasteiger partial charge in [-0.05, 0) is 31.5 Å². The topological polar surface area (TPSA) is 86.7 Å². The maximum absolute atomic E-state index is 5.59. The van der Waals surface area contributed by atoms with Crippen molar-refractivity contribution in [3.8, 4) is 22.6 Å². The Hall–Kier alpha value is -2.80. The molecule has 0 unspecified atom stereocenters. The second-order valence-electron chi connectivity index (χ2n) is 5.19. The van der Waals surface area contributed by atoms with Crippen molar-refractivity contribution in [3.63, 3.8) is 0 Å². The molecule has 1 aromatic carbocycles. The fourth-order valence-corrected chi connectivity index (χ4v) is 2.68. The highest BCUT2D eigenvalue weighted by molar-refractivity contribution is 5.82. The lowest BCUT2D eigenvalue weighted by Crippen LogP contribution is -2.12. The lowest BCUT2D eigenvalue weighted by atomic mass is 10.1. The molecule has 120 valence electrons. The largest absolute Gasteiger partial charge is 0.493 e. The van der Waals surface area contributed by atoms with E-state index in [9.17, 15) is 0 Å². The molecule has 3 N–H and O–H groups in total. The molecule has 0 fully saturated rings. The zero-order valence-corrected chi connectivity index (χ0v) is 13.5. The van der Waals surface area contributed by atoms with Crippen molar-refractivity contribution < 1.29 is 9.47 Å². The van der Waals surface area contributed by atoms with E-state index in [-0.39, 0.29) is 0 Å². The first-order valence-electron chi connectivity index (χ1n) is 7.15. The summed E-state index contributed by atoms with van der Waals surface area (Å²) in [6.07, 6.45) is 0. The fourth-order valence-electron chi connectivity index (χ4n) is 2.68. The van der Waals surface area contributed by atoms with Gasteiger partial charge in [-0.1, -0.05) is 6.07 Å². The predicted molar refractivity (Wildman–Crippen MR) is 88.8 cm³/mol. The molecular formula is C16H19N5O2. The second kappa shape index (κ2) is 5.77. The summed E-state index contributed by atoms with van der Waals surface area (Å²) in [4.78, 5) is 4.61. The molecule has 7 nitrogen and oxygen atoms in total.